The number of imide groups is 1. The zero-order valence-corrected chi connectivity index (χ0v) is 17.2. The molecule has 1 aromatic rings. The van der Waals surface area contributed by atoms with Gasteiger partial charge in [-0.15, -0.1) is 0 Å². The first-order valence-electron chi connectivity index (χ1n) is 10.6. The monoisotopic (exact) mass is 413 g/mol. The summed E-state index contributed by atoms with van der Waals surface area (Å²) in [6.45, 7) is 1.44. The molecule has 3 aliphatic rings. The molecule has 0 radical (unpaired) electrons. The Morgan fingerprint density at radius 2 is 1.67 bits per heavy atom. The van der Waals surface area contributed by atoms with E-state index in [4.69, 9.17) is 4.74 Å². The van der Waals surface area contributed by atoms with Crippen molar-refractivity contribution in [2.24, 2.45) is 11.8 Å². The summed E-state index contributed by atoms with van der Waals surface area (Å²) in [6, 6.07) is 5.06. The summed E-state index contributed by atoms with van der Waals surface area (Å²) >= 11 is 0. The van der Waals surface area contributed by atoms with E-state index in [1.165, 1.54) is 7.11 Å². The van der Waals surface area contributed by atoms with Crippen LogP contribution < -0.4 is 10.2 Å². The highest BCUT2D eigenvalue weighted by Gasteiger charge is 2.48. The molecular weight excluding hydrogens is 386 g/mol. The predicted octanol–water partition coefficient (Wildman–Crippen LogP) is 2.19. The average Bonchev–Trinajstić information content (AvgIpc) is 3.37. The molecule has 3 fully saturated rings. The van der Waals surface area contributed by atoms with Crippen LogP contribution >= 0.6 is 0 Å². The van der Waals surface area contributed by atoms with Gasteiger partial charge in [-0.25, -0.2) is 4.79 Å². The second kappa shape index (κ2) is 8.45. The first kappa shape index (κ1) is 20.4. The van der Waals surface area contributed by atoms with Crippen molar-refractivity contribution in [2.45, 2.75) is 38.5 Å². The van der Waals surface area contributed by atoms with Gasteiger partial charge < -0.3 is 15.0 Å². The molecule has 8 heteroatoms. The van der Waals surface area contributed by atoms with Crippen LogP contribution in [0.15, 0.2) is 18.2 Å². The molecule has 1 saturated carbocycles. The molecule has 2 unspecified atom stereocenters. The fraction of sp³-hybridized carbons (Fsp3) is 0.545. The Bertz CT molecular complexity index is 854. The van der Waals surface area contributed by atoms with Crippen molar-refractivity contribution in [3.8, 4) is 0 Å². The van der Waals surface area contributed by atoms with Crippen molar-refractivity contribution in [3.63, 3.8) is 0 Å². The standard InChI is InChI=1S/C22H27N3O5/c1-30-22(29)14-8-9-18(24-10-4-5-11-24)17(12-14)23-19(26)13-25-20(27)15-6-2-3-7-16(15)21(25)28/h8-9,12,15-16H,2-7,10-11,13H2,1H3,(H,23,26). The fourth-order valence-electron chi connectivity index (χ4n) is 4.83. The van der Waals surface area contributed by atoms with Crippen molar-refractivity contribution in [2.75, 3.05) is 37.0 Å². The summed E-state index contributed by atoms with van der Waals surface area (Å²) in [4.78, 5) is 53.3. The predicted molar refractivity (Wildman–Crippen MR) is 110 cm³/mol. The van der Waals surface area contributed by atoms with E-state index in [1.807, 2.05) is 0 Å². The number of nitrogens with zero attached hydrogens (tertiary/aromatic N) is 2. The van der Waals surface area contributed by atoms with Gasteiger partial charge in [0.1, 0.15) is 6.54 Å². The van der Waals surface area contributed by atoms with Crippen molar-refractivity contribution >= 4 is 35.1 Å². The second-order valence-corrected chi connectivity index (χ2v) is 8.23. The van der Waals surface area contributed by atoms with Gasteiger partial charge in [0.25, 0.3) is 0 Å². The average molecular weight is 413 g/mol. The van der Waals surface area contributed by atoms with Crippen LogP contribution in [0.3, 0.4) is 0 Å². The van der Waals surface area contributed by atoms with E-state index in [2.05, 4.69) is 10.2 Å². The van der Waals surface area contributed by atoms with Crippen molar-refractivity contribution < 1.29 is 23.9 Å². The molecule has 1 aliphatic carbocycles. The number of likely N-dealkylation sites (tertiary alicyclic amines) is 1. The number of hydrogen-bond acceptors (Lipinski definition) is 6. The third kappa shape index (κ3) is 3.78. The lowest BCUT2D eigenvalue weighted by molar-refractivity contribution is -0.142. The molecule has 0 bridgehead atoms. The number of esters is 1. The lowest BCUT2D eigenvalue weighted by atomic mass is 9.81. The number of anilines is 2. The van der Waals surface area contributed by atoms with Gasteiger partial charge in [0.2, 0.25) is 17.7 Å². The molecule has 4 rings (SSSR count). The van der Waals surface area contributed by atoms with E-state index in [1.54, 1.807) is 18.2 Å². The van der Waals surface area contributed by atoms with Crippen LogP contribution in [0, 0.1) is 11.8 Å². The summed E-state index contributed by atoms with van der Waals surface area (Å²) in [7, 11) is 1.30. The highest BCUT2D eigenvalue weighted by molar-refractivity contribution is 6.09. The Morgan fingerprint density at radius 3 is 2.27 bits per heavy atom. The fourth-order valence-corrected chi connectivity index (χ4v) is 4.83. The number of hydrogen-bond donors (Lipinski definition) is 1. The summed E-state index contributed by atoms with van der Waals surface area (Å²) in [6.07, 6.45) is 5.44. The number of methoxy groups -OCH3 is 1. The highest BCUT2D eigenvalue weighted by Crippen LogP contribution is 2.38. The highest BCUT2D eigenvalue weighted by atomic mass is 16.5. The molecule has 1 N–H and O–H groups in total. The second-order valence-electron chi connectivity index (χ2n) is 8.23. The van der Waals surface area contributed by atoms with Gasteiger partial charge in [-0.2, -0.15) is 0 Å². The third-order valence-electron chi connectivity index (χ3n) is 6.37. The summed E-state index contributed by atoms with van der Waals surface area (Å²) in [5, 5.41) is 2.82. The topological polar surface area (TPSA) is 96.0 Å². The van der Waals surface area contributed by atoms with Gasteiger partial charge in [0.05, 0.1) is 35.9 Å². The molecule has 1 aromatic carbocycles. The van der Waals surface area contributed by atoms with E-state index in [0.29, 0.717) is 24.1 Å². The molecular formula is C22H27N3O5. The Kier molecular flexibility index (Phi) is 5.74. The van der Waals surface area contributed by atoms with Crippen LogP contribution in [0.4, 0.5) is 11.4 Å². The number of nitrogens with one attached hydrogen (secondary N) is 1. The van der Waals surface area contributed by atoms with E-state index in [0.717, 1.165) is 49.4 Å². The summed E-state index contributed by atoms with van der Waals surface area (Å²) in [5.41, 5.74) is 1.64. The zero-order chi connectivity index (χ0) is 21.3. The normalized spacial score (nSPS) is 23.5. The van der Waals surface area contributed by atoms with Crippen LogP contribution in [-0.2, 0) is 19.1 Å². The minimum Gasteiger partial charge on any atom is -0.465 e. The molecule has 8 nitrogen and oxygen atoms in total. The van der Waals surface area contributed by atoms with Crippen molar-refractivity contribution in [3.05, 3.63) is 23.8 Å². The smallest absolute Gasteiger partial charge is 0.337 e. The maximum absolute atomic E-state index is 12.8. The third-order valence-corrected chi connectivity index (χ3v) is 6.37. The van der Waals surface area contributed by atoms with Gasteiger partial charge in [-0.3, -0.25) is 19.3 Å². The Balaban J connectivity index is 1.52. The number of carbonyl (C=O) groups is 4. The lowest BCUT2D eigenvalue weighted by Gasteiger charge is -2.23. The number of benzene rings is 1. The van der Waals surface area contributed by atoms with Gasteiger partial charge in [0.15, 0.2) is 0 Å². The van der Waals surface area contributed by atoms with Gasteiger partial charge >= 0.3 is 5.97 Å². The minimum absolute atomic E-state index is 0.233. The molecule has 2 atom stereocenters. The summed E-state index contributed by atoms with van der Waals surface area (Å²) < 4.78 is 4.79. The van der Waals surface area contributed by atoms with Crippen molar-refractivity contribution in [1.29, 1.82) is 0 Å². The first-order chi connectivity index (χ1) is 14.5. The Labute approximate surface area is 175 Å². The van der Waals surface area contributed by atoms with Crippen LogP contribution in [-0.4, -0.2) is 55.3 Å². The molecule has 2 saturated heterocycles. The number of ether oxygens (including phenoxy) is 1. The van der Waals surface area contributed by atoms with E-state index >= 15 is 0 Å². The maximum atomic E-state index is 12.8. The van der Waals surface area contributed by atoms with Crippen molar-refractivity contribution in [1.82, 2.24) is 4.90 Å². The molecule has 0 aromatic heterocycles. The SMILES string of the molecule is COC(=O)c1ccc(N2CCCC2)c(NC(=O)CN2C(=O)C3CCCCC3C2=O)c1. The van der Waals surface area contributed by atoms with Gasteiger partial charge in [-0.05, 0) is 43.9 Å². The van der Waals surface area contributed by atoms with Gasteiger partial charge in [-0.1, -0.05) is 12.8 Å². The molecule has 2 heterocycles. The summed E-state index contributed by atoms with van der Waals surface area (Å²) in [5.74, 6) is -1.96. The molecule has 160 valence electrons. The van der Waals surface area contributed by atoms with Gasteiger partial charge in [0, 0.05) is 13.1 Å². The Morgan fingerprint density at radius 1 is 1.03 bits per heavy atom. The Hall–Kier alpha value is -2.90. The van der Waals surface area contributed by atoms with Crippen LogP contribution in [0.2, 0.25) is 0 Å². The molecule has 30 heavy (non-hydrogen) atoms. The maximum Gasteiger partial charge on any atom is 0.337 e. The van der Waals surface area contributed by atoms with Crippen LogP contribution in [0.25, 0.3) is 0 Å². The number of rotatable bonds is 5. The van der Waals surface area contributed by atoms with E-state index < -0.39 is 11.9 Å². The van der Waals surface area contributed by atoms with Crippen LogP contribution in [0.5, 0.6) is 0 Å². The van der Waals surface area contributed by atoms with E-state index in [9.17, 15) is 19.2 Å². The largest absolute Gasteiger partial charge is 0.465 e. The minimum atomic E-state index is -0.493. The number of amides is 3. The number of fused-ring (bicyclic) bond motifs is 1. The lowest BCUT2D eigenvalue weighted by Crippen LogP contribution is -2.38. The van der Waals surface area contributed by atoms with E-state index in [-0.39, 0.29) is 30.2 Å². The molecule has 2 aliphatic heterocycles. The number of carbonyl (C=O) groups excluding carboxylic acids is 4. The quantitative estimate of drug-likeness (QED) is 0.587. The molecule has 3 amide bonds. The molecule has 0 spiro atoms. The zero-order valence-electron chi connectivity index (χ0n) is 17.2. The van der Waals surface area contributed by atoms with Crippen LogP contribution in [0.1, 0.15) is 48.9 Å². The first-order valence-corrected chi connectivity index (χ1v) is 10.6.